The number of halogens is 1. The van der Waals surface area contributed by atoms with Crippen LogP contribution in [0.1, 0.15) is 13.8 Å². The van der Waals surface area contributed by atoms with Gasteiger partial charge in [-0.3, -0.25) is 9.36 Å². The van der Waals surface area contributed by atoms with Crippen LogP contribution >= 0.6 is 27.7 Å². The first-order valence-electron chi connectivity index (χ1n) is 4.23. The zero-order valence-corrected chi connectivity index (χ0v) is 10.4. The Balaban J connectivity index is 3.36. The van der Waals surface area contributed by atoms with Crippen molar-refractivity contribution in [2.24, 2.45) is 0 Å². The first-order valence-corrected chi connectivity index (χ1v) is 6.01. The largest absolute Gasteiger partial charge is 0.492 e. The molecule has 6 heteroatoms. The lowest BCUT2D eigenvalue weighted by Crippen LogP contribution is -2.22. The maximum atomic E-state index is 11.6. The van der Waals surface area contributed by atoms with E-state index in [0.717, 1.165) is 5.75 Å². The lowest BCUT2D eigenvalue weighted by atomic mass is 10.6. The number of aromatic hydroxyl groups is 1. The molecule has 0 bridgehead atoms. The minimum absolute atomic E-state index is 0.125. The van der Waals surface area contributed by atoms with Gasteiger partial charge in [0.15, 0.2) is 5.16 Å². The molecule has 0 saturated heterocycles. The number of nitrogens with zero attached hydrogens (tertiary/aromatic N) is 2. The predicted octanol–water partition coefficient (Wildman–Crippen LogP) is 1.84. The van der Waals surface area contributed by atoms with E-state index in [1.807, 2.05) is 13.8 Å². The van der Waals surface area contributed by atoms with Crippen LogP contribution in [0, 0.1) is 0 Å². The van der Waals surface area contributed by atoms with Gasteiger partial charge in [0.2, 0.25) is 5.88 Å². The van der Waals surface area contributed by atoms with Gasteiger partial charge in [0.1, 0.15) is 4.47 Å². The molecular weight excluding hydrogens is 268 g/mol. The summed E-state index contributed by atoms with van der Waals surface area (Å²) in [5.74, 6) is 0.573. The van der Waals surface area contributed by atoms with Gasteiger partial charge in [-0.15, -0.1) is 0 Å². The summed E-state index contributed by atoms with van der Waals surface area (Å²) in [6.45, 7) is 4.38. The quantitative estimate of drug-likeness (QED) is 0.677. The molecule has 0 aliphatic carbocycles. The van der Waals surface area contributed by atoms with Crippen molar-refractivity contribution < 1.29 is 5.11 Å². The molecule has 1 aromatic heterocycles. The molecule has 0 aliphatic heterocycles. The number of hydrogen-bond acceptors (Lipinski definition) is 4. The molecule has 4 nitrogen and oxygen atoms in total. The SMILES string of the molecule is CCSc1nc(O)c(Br)c(=O)n1CC. The maximum Gasteiger partial charge on any atom is 0.272 e. The zero-order valence-electron chi connectivity index (χ0n) is 7.95. The maximum absolute atomic E-state index is 11.6. The average Bonchev–Trinajstić information content (AvgIpc) is 2.16. The van der Waals surface area contributed by atoms with Crippen LogP contribution in [-0.2, 0) is 6.54 Å². The van der Waals surface area contributed by atoms with E-state index >= 15 is 0 Å². The highest BCUT2D eigenvalue weighted by Gasteiger charge is 2.12. The van der Waals surface area contributed by atoms with Gasteiger partial charge in [0, 0.05) is 6.54 Å². The average molecular weight is 279 g/mol. The number of rotatable bonds is 3. The van der Waals surface area contributed by atoms with E-state index in [-0.39, 0.29) is 15.9 Å². The summed E-state index contributed by atoms with van der Waals surface area (Å²) in [4.78, 5) is 15.5. The summed E-state index contributed by atoms with van der Waals surface area (Å²) in [6, 6.07) is 0. The van der Waals surface area contributed by atoms with E-state index in [0.29, 0.717) is 11.7 Å². The van der Waals surface area contributed by atoms with Gasteiger partial charge in [-0.2, -0.15) is 4.98 Å². The lowest BCUT2D eigenvalue weighted by Gasteiger charge is -2.09. The van der Waals surface area contributed by atoms with Crippen LogP contribution in [0.3, 0.4) is 0 Å². The number of thioether (sulfide) groups is 1. The van der Waals surface area contributed by atoms with Crippen LogP contribution < -0.4 is 5.56 Å². The van der Waals surface area contributed by atoms with Gasteiger partial charge >= 0.3 is 0 Å². The zero-order chi connectivity index (χ0) is 10.7. The molecule has 0 saturated carbocycles. The number of hydrogen-bond donors (Lipinski definition) is 1. The second-order valence-corrected chi connectivity index (χ2v) is 4.54. The summed E-state index contributed by atoms with van der Waals surface area (Å²) >= 11 is 4.44. The minimum Gasteiger partial charge on any atom is -0.492 e. The topological polar surface area (TPSA) is 55.1 Å². The Morgan fingerprint density at radius 3 is 2.71 bits per heavy atom. The highest BCUT2D eigenvalue weighted by Crippen LogP contribution is 2.21. The van der Waals surface area contributed by atoms with Crippen LogP contribution in [0.15, 0.2) is 14.4 Å². The van der Waals surface area contributed by atoms with Gasteiger partial charge in [-0.1, -0.05) is 18.7 Å². The molecule has 78 valence electrons. The highest BCUT2D eigenvalue weighted by atomic mass is 79.9. The summed E-state index contributed by atoms with van der Waals surface area (Å²) in [5.41, 5.74) is -0.240. The third-order valence-corrected chi connectivity index (χ3v) is 3.20. The van der Waals surface area contributed by atoms with Gasteiger partial charge in [0.25, 0.3) is 5.56 Å². The normalized spacial score (nSPS) is 10.5. The third-order valence-electron chi connectivity index (χ3n) is 1.65. The molecule has 0 unspecified atom stereocenters. The van der Waals surface area contributed by atoms with Crippen molar-refractivity contribution >= 4 is 27.7 Å². The van der Waals surface area contributed by atoms with Crippen LogP contribution in [0.25, 0.3) is 0 Å². The Kier molecular flexibility index (Phi) is 4.00. The number of aromatic nitrogens is 2. The van der Waals surface area contributed by atoms with Crippen LogP contribution in [0.2, 0.25) is 0 Å². The fourth-order valence-electron chi connectivity index (χ4n) is 1.02. The predicted molar refractivity (Wildman–Crippen MR) is 59.9 cm³/mol. The Labute approximate surface area is 94.5 Å². The van der Waals surface area contributed by atoms with Gasteiger partial charge < -0.3 is 5.11 Å². The van der Waals surface area contributed by atoms with E-state index < -0.39 is 0 Å². The Bertz CT molecular complexity index is 392. The molecule has 0 aromatic carbocycles. The lowest BCUT2D eigenvalue weighted by molar-refractivity contribution is 0.429. The van der Waals surface area contributed by atoms with E-state index in [2.05, 4.69) is 20.9 Å². The molecule has 1 heterocycles. The van der Waals surface area contributed by atoms with E-state index in [1.165, 1.54) is 16.3 Å². The van der Waals surface area contributed by atoms with Crippen LogP contribution in [-0.4, -0.2) is 20.4 Å². The van der Waals surface area contributed by atoms with Crippen LogP contribution in [0.5, 0.6) is 5.88 Å². The molecular formula is C8H11BrN2O2S. The molecule has 0 aliphatic rings. The minimum atomic E-state index is -0.240. The first-order chi connectivity index (χ1) is 6.61. The molecule has 0 amide bonds. The Hall–Kier alpha value is -0.490. The summed E-state index contributed by atoms with van der Waals surface area (Å²) < 4.78 is 1.65. The fraction of sp³-hybridized carbons (Fsp3) is 0.500. The van der Waals surface area contributed by atoms with Crippen molar-refractivity contribution in [2.75, 3.05) is 5.75 Å². The van der Waals surface area contributed by atoms with E-state index in [4.69, 9.17) is 0 Å². The molecule has 0 atom stereocenters. The molecule has 0 spiro atoms. The van der Waals surface area contributed by atoms with Gasteiger partial charge in [0.05, 0.1) is 0 Å². The van der Waals surface area contributed by atoms with Gasteiger partial charge in [-0.25, -0.2) is 0 Å². The van der Waals surface area contributed by atoms with Crippen LogP contribution in [0.4, 0.5) is 0 Å². The fourth-order valence-corrected chi connectivity index (χ4v) is 2.10. The molecule has 0 radical (unpaired) electrons. The first kappa shape index (κ1) is 11.6. The molecule has 1 aromatic rings. The van der Waals surface area contributed by atoms with E-state index in [1.54, 1.807) is 0 Å². The van der Waals surface area contributed by atoms with Crippen molar-refractivity contribution in [3.8, 4) is 5.88 Å². The van der Waals surface area contributed by atoms with Gasteiger partial charge in [-0.05, 0) is 28.6 Å². The molecule has 0 fully saturated rings. The van der Waals surface area contributed by atoms with Crippen molar-refractivity contribution in [3.63, 3.8) is 0 Å². The Morgan fingerprint density at radius 1 is 1.57 bits per heavy atom. The second-order valence-electron chi connectivity index (χ2n) is 2.51. The standard InChI is InChI=1S/C8H11BrN2O2S/c1-3-11-7(13)5(9)6(12)10-8(11)14-4-2/h12H,3-4H2,1-2H3. The van der Waals surface area contributed by atoms with Crippen molar-refractivity contribution in [1.82, 2.24) is 9.55 Å². The van der Waals surface area contributed by atoms with Crippen molar-refractivity contribution in [3.05, 3.63) is 14.8 Å². The summed E-state index contributed by atoms with van der Waals surface area (Å²) in [5, 5.41) is 9.90. The smallest absolute Gasteiger partial charge is 0.272 e. The summed E-state index contributed by atoms with van der Waals surface area (Å²) in [7, 11) is 0. The van der Waals surface area contributed by atoms with Crippen molar-refractivity contribution in [2.45, 2.75) is 25.5 Å². The highest BCUT2D eigenvalue weighted by molar-refractivity contribution is 9.10. The molecule has 14 heavy (non-hydrogen) atoms. The molecule has 1 rings (SSSR count). The summed E-state index contributed by atoms with van der Waals surface area (Å²) in [6.07, 6.45) is 0. The second kappa shape index (κ2) is 4.84. The monoisotopic (exact) mass is 278 g/mol. The van der Waals surface area contributed by atoms with Crippen molar-refractivity contribution in [1.29, 1.82) is 0 Å². The Morgan fingerprint density at radius 2 is 2.21 bits per heavy atom. The van der Waals surface area contributed by atoms with E-state index in [9.17, 15) is 9.90 Å². The third kappa shape index (κ3) is 2.12. The molecule has 1 N–H and O–H groups in total.